The molecule has 1 aliphatic heterocycles. The predicted molar refractivity (Wildman–Crippen MR) is 98.9 cm³/mol. The molecule has 1 amide bonds. The second-order valence-electron chi connectivity index (χ2n) is 6.76. The highest BCUT2D eigenvalue weighted by Crippen LogP contribution is 2.23. The van der Waals surface area contributed by atoms with Crippen LogP contribution in [0.15, 0.2) is 24.3 Å². The topological polar surface area (TPSA) is 75.7 Å². The third kappa shape index (κ3) is 5.71. The molecule has 6 nitrogen and oxygen atoms in total. The van der Waals surface area contributed by atoms with Gasteiger partial charge >= 0.3 is 0 Å². The number of ether oxygens (including phenoxy) is 1. The van der Waals surface area contributed by atoms with Crippen molar-refractivity contribution in [2.24, 2.45) is 0 Å². The molecule has 0 aromatic heterocycles. The SMILES string of the molecule is CCN(CC)CCOc1ccc(C(=O)N[C@@]2(C)CCS(=O)(=O)C2)cc1. The molecule has 25 heavy (non-hydrogen) atoms. The molecule has 1 saturated heterocycles. The maximum absolute atomic E-state index is 12.4. The Kier molecular flexibility index (Phi) is 6.46. The number of rotatable bonds is 8. The minimum atomic E-state index is -3.05. The summed E-state index contributed by atoms with van der Waals surface area (Å²) < 4.78 is 29.0. The molecule has 0 unspecified atom stereocenters. The number of amides is 1. The van der Waals surface area contributed by atoms with E-state index in [1.54, 1.807) is 31.2 Å². The summed E-state index contributed by atoms with van der Waals surface area (Å²) in [6.45, 7) is 9.46. The average Bonchev–Trinajstić information content (AvgIpc) is 2.85. The summed E-state index contributed by atoms with van der Waals surface area (Å²) in [7, 11) is -3.05. The highest BCUT2D eigenvalue weighted by atomic mass is 32.2. The van der Waals surface area contributed by atoms with E-state index in [-0.39, 0.29) is 17.4 Å². The third-order valence-electron chi connectivity index (χ3n) is 4.61. The Hall–Kier alpha value is -1.60. The van der Waals surface area contributed by atoms with E-state index in [9.17, 15) is 13.2 Å². The number of carbonyl (C=O) groups is 1. The van der Waals surface area contributed by atoms with Gasteiger partial charge in [-0.15, -0.1) is 0 Å². The van der Waals surface area contributed by atoms with Gasteiger partial charge < -0.3 is 15.0 Å². The standard InChI is InChI=1S/C18H28N2O4S/c1-4-20(5-2)11-12-24-16-8-6-15(7-9-16)17(21)19-18(3)10-13-25(22,23)14-18/h6-9H,4-5,10-14H2,1-3H3,(H,19,21)/t18-/m0/s1. The van der Waals surface area contributed by atoms with Crippen LogP contribution >= 0.6 is 0 Å². The Morgan fingerprint density at radius 3 is 2.40 bits per heavy atom. The number of benzene rings is 1. The van der Waals surface area contributed by atoms with Gasteiger partial charge in [-0.3, -0.25) is 4.79 Å². The second kappa shape index (κ2) is 8.19. The predicted octanol–water partition coefficient (Wildman–Crippen LogP) is 1.71. The Morgan fingerprint density at radius 1 is 1.24 bits per heavy atom. The van der Waals surface area contributed by atoms with Gasteiger partial charge in [0.1, 0.15) is 12.4 Å². The van der Waals surface area contributed by atoms with E-state index < -0.39 is 15.4 Å². The highest BCUT2D eigenvalue weighted by molar-refractivity contribution is 7.91. The highest BCUT2D eigenvalue weighted by Gasteiger charge is 2.39. The van der Waals surface area contributed by atoms with Crippen molar-refractivity contribution in [1.82, 2.24) is 10.2 Å². The molecule has 1 aliphatic rings. The van der Waals surface area contributed by atoms with Crippen LogP contribution in [0, 0.1) is 0 Å². The van der Waals surface area contributed by atoms with Crippen LogP contribution in [-0.4, -0.2) is 62.5 Å². The van der Waals surface area contributed by atoms with Crippen molar-refractivity contribution in [2.45, 2.75) is 32.7 Å². The van der Waals surface area contributed by atoms with Crippen molar-refractivity contribution in [3.63, 3.8) is 0 Å². The number of likely N-dealkylation sites (N-methyl/N-ethyl adjacent to an activating group) is 1. The summed E-state index contributed by atoms with van der Waals surface area (Å²) in [6.07, 6.45) is 0.452. The van der Waals surface area contributed by atoms with Gasteiger partial charge in [0.05, 0.1) is 17.0 Å². The van der Waals surface area contributed by atoms with Crippen LogP contribution in [-0.2, 0) is 9.84 Å². The van der Waals surface area contributed by atoms with Crippen molar-refractivity contribution < 1.29 is 17.9 Å². The lowest BCUT2D eigenvalue weighted by molar-refractivity contribution is 0.0915. The summed E-state index contributed by atoms with van der Waals surface area (Å²) in [4.78, 5) is 14.6. The molecule has 1 fully saturated rings. The van der Waals surface area contributed by atoms with Gasteiger partial charge in [-0.05, 0) is 50.7 Å². The van der Waals surface area contributed by atoms with Crippen molar-refractivity contribution in [3.05, 3.63) is 29.8 Å². The van der Waals surface area contributed by atoms with Crippen LogP contribution < -0.4 is 10.1 Å². The zero-order chi connectivity index (χ0) is 18.5. The molecule has 0 bridgehead atoms. The minimum Gasteiger partial charge on any atom is -0.492 e. The molecule has 7 heteroatoms. The molecule has 1 atom stereocenters. The quantitative estimate of drug-likeness (QED) is 0.756. The van der Waals surface area contributed by atoms with E-state index in [1.165, 1.54) is 0 Å². The number of hydrogen-bond donors (Lipinski definition) is 1. The normalized spacial score (nSPS) is 22.1. The molecule has 0 spiro atoms. The molecule has 0 saturated carbocycles. The number of carbonyl (C=O) groups excluding carboxylic acids is 1. The lowest BCUT2D eigenvalue weighted by atomic mass is 10.0. The van der Waals surface area contributed by atoms with E-state index in [1.807, 2.05) is 0 Å². The molecule has 2 rings (SSSR count). The van der Waals surface area contributed by atoms with Crippen molar-refractivity contribution >= 4 is 15.7 Å². The van der Waals surface area contributed by atoms with Gasteiger partial charge in [-0.25, -0.2) is 8.42 Å². The number of sulfone groups is 1. The van der Waals surface area contributed by atoms with Gasteiger partial charge in [0.2, 0.25) is 0 Å². The van der Waals surface area contributed by atoms with Gasteiger partial charge in [0.25, 0.3) is 5.91 Å². The fraction of sp³-hybridized carbons (Fsp3) is 0.611. The molecule has 1 N–H and O–H groups in total. The lowest BCUT2D eigenvalue weighted by Crippen LogP contribution is -2.46. The van der Waals surface area contributed by atoms with Gasteiger partial charge in [-0.1, -0.05) is 13.8 Å². The molecular weight excluding hydrogens is 340 g/mol. The van der Waals surface area contributed by atoms with E-state index >= 15 is 0 Å². The summed E-state index contributed by atoms with van der Waals surface area (Å²) in [6, 6.07) is 6.94. The van der Waals surface area contributed by atoms with Crippen molar-refractivity contribution in [1.29, 1.82) is 0 Å². The number of hydrogen-bond acceptors (Lipinski definition) is 5. The largest absolute Gasteiger partial charge is 0.492 e. The number of nitrogens with one attached hydrogen (secondary N) is 1. The number of nitrogens with zero attached hydrogens (tertiary/aromatic N) is 1. The first kappa shape index (κ1) is 19.7. The Balaban J connectivity index is 1.88. The third-order valence-corrected chi connectivity index (χ3v) is 6.51. The van der Waals surface area contributed by atoms with Gasteiger partial charge in [-0.2, -0.15) is 0 Å². The second-order valence-corrected chi connectivity index (χ2v) is 8.94. The molecule has 0 aliphatic carbocycles. The maximum Gasteiger partial charge on any atom is 0.251 e. The zero-order valence-corrected chi connectivity index (χ0v) is 16.1. The maximum atomic E-state index is 12.4. The molecule has 1 aromatic rings. The first-order valence-corrected chi connectivity index (χ1v) is 10.6. The summed E-state index contributed by atoms with van der Waals surface area (Å²) in [5.41, 5.74) is -0.184. The fourth-order valence-electron chi connectivity index (χ4n) is 2.99. The molecular formula is C18H28N2O4S. The molecule has 1 aromatic carbocycles. The smallest absolute Gasteiger partial charge is 0.251 e. The summed E-state index contributed by atoms with van der Waals surface area (Å²) in [5.74, 6) is 0.592. The first-order valence-electron chi connectivity index (χ1n) is 8.75. The van der Waals surface area contributed by atoms with Gasteiger partial charge in [0, 0.05) is 12.1 Å². The van der Waals surface area contributed by atoms with Crippen LogP contribution in [0.4, 0.5) is 0 Å². The first-order chi connectivity index (χ1) is 11.8. The Morgan fingerprint density at radius 2 is 1.88 bits per heavy atom. The van der Waals surface area contributed by atoms with Gasteiger partial charge in [0.15, 0.2) is 9.84 Å². The Labute approximate surface area is 150 Å². The van der Waals surface area contributed by atoms with E-state index in [2.05, 4.69) is 24.1 Å². The average molecular weight is 368 g/mol. The summed E-state index contributed by atoms with van der Waals surface area (Å²) in [5, 5.41) is 2.85. The summed E-state index contributed by atoms with van der Waals surface area (Å²) >= 11 is 0. The minimum absolute atomic E-state index is 0.00169. The monoisotopic (exact) mass is 368 g/mol. The fourth-order valence-corrected chi connectivity index (χ4v) is 5.08. The van der Waals surface area contributed by atoms with Crippen molar-refractivity contribution in [3.8, 4) is 5.75 Å². The van der Waals surface area contributed by atoms with E-state index in [0.717, 1.165) is 25.4 Å². The Bertz CT molecular complexity index is 684. The zero-order valence-electron chi connectivity index (χ0n) is 15.2. The van der Waals surface area contributed by atoms with Crippen molar-refractivity contribution in [2.75, 3.05) is 37.7 Å². The molecule has 0 radical (unpaired) electrons. The van der Waals surface area contributed by atoms with Crippen LogP contribution in [0.2, 0.25) is 0 Å². The van der Waals surface area contributed by atoms with E-state index in [4.69, 9.17) is 4.74 Å². The molecule has 1 heterocycles. The van der Waals surface area contributed by atoms with Crippen LogP contribution in [0.25, 0.3) is 0 Å². The van der Waals surface area contributed by atoms with Crippen LogP contribution in [0.1, 0.15) is 37.6 Å². The molecule has 140 valence electrons. The van der Waals surface area contributed by atoms with Crippen LogP contribution in [0.5, 0.6) is 5.75 Å². The van der Waals surface area contributed by atoms with E-state index in [0.29, 0.717) is 18.6 Å². The van der Waals surface area contributed by atoms with Crippen LogP contribution in [0.3, 0.4) is 0 Å². The lowest BCUT2D eigenvalue weighted by Gasteiger charge is -2.24.